The molecule has 186 valence electrons. The lowest BCUT2D eigenvalue weighted by molar-refractivity contribution is -0.196. The summed E-state index contributed by atoms with van der Waals surface area (Å²) >= 11 is 0. The van der Waals surface area contributed by atoms with E-state index >= 15 is 0 Å². The number of hydrogen-bond acceptors (Lipinski definition) is 6. The first-order valence-electron chi connectivity index (χ1n) is 13.0. The van der Waals surface area contributed by atoms with Gasteiger partial charge in [0.1, 0.15) is 0 Å². The van der Waals surface area contributed by atoms with E-state index in [4.69, 9.17) is 18.9 Å². The second-order valence-electron chi connectivity index (χ2n) is 9.78. The number of carboxylic acid groups (broad SMARTS) is 1. The second-order valence-corrected chi connectivity index (χ2v) is 9.78. The summed E-state index contributed by atoms with van der Waals surface area (Å²) in [7, 11) is 0. The van der Waals surface area contributed by atoms with Gasteiger partial charge in [-0.25, -0.2) is 0 Å². The molecule has 0 bridgehead atoms. The third-order valence-electron chi connectivity index (χ3n) is 7.24. The van der Waals surface area contributed by atoms with Crippen LogP contribution in [-0.2, 0) is 23.7 Å². The molecule has 3 rings (SSSR count). The lowest BCUT2D eigenvalue weighted by Gasteiger charge is -2.30. The highest BCUT2D eigenvalue weighted by Crippen LogP contribution is 2.41. The van der Waals surface area contributed by atoms with E-state index in [2.05, 4.69) is 0 Å². The molecule has 2 saturated heterocycles. The van der Waals surface area contributed by atoms with Crippen molar-refractivity contribution in [3.63, 3.8) is 0 Å². The van der Waals surface area contributed by atoms with Gasteiger partial charge in [0.2, 0.25) is 0 Å². The summed E-state index contributed by atoms with van der Waals surface area (Å²) in [6.07, 6.45) is 13.8. The fourth-order valence-electron chi connectivity index (χ4n) is 5.45. The van der Waals surface area contributed by atoms with Crippen LogP contribution in [0, 0.1) is 11.8 Å². The molecule has 2 aliphatic heterocycles. The van der Waals surface area contributed by atoms with Gasteiger partial charge in [-0.1, -0.05) is 32.1 Å². The molecule has 7 heteroatoms. The average Bonchev–Trinajstić information content (AvgIpc) is 3.07. The minimum atomic E-state index is -0.838. The average molecular weight is 457 g/mol. The molecule has 3 fully saturated rings. The largest absolute Gasteiger partial charge is 0.481 e. The van der Waals surface area contributed by atoms with E-state index in [9.17, 15) is 15.0 Å². The molecule has 0 spiro atoms. The van der Waals surface area contributed by atoms with E-state index in [1.54, 1.807) is 0 Å². The Hall–Kier alpha value is -0.730. The molecular weight excluding hydrogens is 412 g/mol. The maximum atomic E-state index is 11.4. The highest BCUT2D eigenvalue weighted by molar-refractivity contribution is 5.67. The summed E-state index contributed by atoms with van der Waals surface area (Å²) in [5, 5.41) is 19.8. The Bertz CT molecular complexity index is 516. The first-order chi connectivity index (χ1) is 15.6. The van der Waals surface area contributed by atoms with Crippen molar-refractivity contribution in [1.82, 2.24) is 0 Å². The molecule has 2 unspecified atom stereocenters. The van der Waals surface area contributed by atoms with Crippen molar-refractivity contribution in [3.8, 4) is 0 Å². The van der Waals surface area contributed by atoms with Crippen molar-refractivity contribution in [1.29, 1.82) is 0 Å². The molecule has 32 heavy (non-hydrogen) atoms. The zero-order valence-corrected chi connectivity index (χ0v) is 19.6. The molecule has 0 aromatic heterocycles. The summed E-state index contributed by atoms with van der Waals surface area (Å²) in [6, 6.07) is 0. The Morgan fingerprint density at radius 1 is 0.844 bits per heavy atom. The Kier molecular flexibility index (Phi) is 11.7. The summed E-state index contributed by atoms with van der Waals surface area (Å²) in [5.74, 6) is -0.967. The van der Waals surface area contributed by atoms with Crippen LogP contribution in [0.15, 0.2) is 0 Å². The SMILES string of the molecule is O=C(O)C[C@@H]1[C@@H](CCCCCCCCOC2CCCCO2)[C@H](OC2CCCCO2)C[C@@H]1O. The molecule has 7 nitrogen and oxygen atoms in total. The number of unbranched alkanes of at least 4 members (excludes halogenated alkanes) is 5. The topological polar surface area (TPSA) is 94.5 Å². The van der Waals surface area contributed by atoms with Crippen LogP contribution in [0.5, 0.6) is 0 Å². The Balaban J connectivity index is 1.31. The van der Waals surface area contributed by atoms with Crippen LogP contribution in [0.1, 0.15) is 96.3 Å². The monoisotopic (exact) mass is 456 g/mol. The normalized spacial score (nSPS) is 33.4. The smallest absolute Gasteiger partial charge is 0.303 e. The van der Waals surface area contributed by atoms with Crippen LogP contribution in [0.3, 0.4) is 0 Å². The number of carbonyl (C=O) groups is 1. The first kappa shape index (κ1) is 25.9. The zero-order valence-electron chi connectivity index (χ0n) is 19.6. The van der Waals surface area contributed by atoms with Gasteiger partial charge in [0, 0.05) is 32.2 Å². The maximum absolute atomic E-state index is 11.4. The van der Waals surface area contributed by atoms with E-state index in [1.807, 2.05) is 0 Å². The summed E-state index contributed by atoms with van der Waals surface area (Å²) in [5.41, 5.74) is 0. The summed E-state index contributed by atoms with van der Waals surface area (Å²) in [4.78, 5) is 11.4. The van der Waals surface area contributed by atoms with Crippen LogP contribution in [0.4, 0.5) is 0 Å². The molecule has 0 amide bonds. The van der Waals surface area contributed by atoms with Gasteiger partial charge in [-0.15, -0.1) is 0 Å². The molecule has 6 atom stereocenters. The Morgan fingerprint density at radius 2 is 1.50 bits per heavy atom. The van der Waals surface area contributed by atoms with E-state index in [-0.39, 0.29) is 36.9 Å². The standard InChI is InChI=1S/C25H44O7/c26-21-18-22(32-25-13-7-10-16-31-25)19(20(21)17-23(27)28)11-5-3-1-2-4-8-14-29-24-12-6-9-15-30-24/h19-22,24-26H,1-18H2,(H,27,28)/t19-,20-,21+,22-,24?,25?/m1/s1. The van der Waals surface area contributed by atoms with Crippen molar-refractivity contribution in [3.05, 3.63) is 0 Å². The second kappa shape index (κ2) is 14.5. The van der Waals surface area contributed by atoms with Crippen molar-refractivity contribution in [2.75, 3.05) is 19.8 Å². The highest BCUT2D eigenvalue weighted by Gasteiger charge is 2.44. The molecule has 0 radical (unpaired) electrons. The number of ether oxygens (including phenoxy) is 4. The maximum Gasteiger partial charge on any atom is 0.303 e. The summed E-state index contributed by atoms with van der Waals surface area (Å²) < 4.78 is 23.3. The van der Waals surface area contributed by atoms with Crippen molar-refractivity contribution in [2.45, 2.75) is 121 Å². The number of aliphatic hydroxyl groups excluding tert-OH is 1. The number of carboxylic acids is 1. The van der Waals surface area contributed by atoms with Gasteiger partial charge in [0.15, 0.2) is 12.6 Å². The van der Waals surface area contributed by atoms with Gasteiger partial charge < -0.3 is 29.2 Å². The number of rotatable bonds is 14. The molecule has 2 N–H and O–H groups in total. The van der Waals surface area contributed by atoms with Gasteiger partial charge in [-0.05, 0) is 57.3 Å². The van der Waals surface area contributed by atoms with Crippen LogP contribution in [0.2, 0.25) is 0 Å². The first-order valence-corrected chi connectivity index (χ1v) is 13.0. The molecule has 2 heterocycles. The van der Waals surface area contributed by atoms with E-state index in [1.165, 1.54) is 25.7 Å². The Morgan fingerprint density at radius 3 is 2.16 bits per heavy atom. The zero-order chi connectivity index (χ0) is 22.6. The summed E-state index contributed by atoms with van der Waals surface area (Å²) in [6.45, 7) is 2.33. The van der Waals surface area contributed by atoms with Gasteiger partial charge in [0.25, 0.3) is 0 Å². The van der Waals surface area contributed by atoms with Crippen molar-refractivity contribution >= 4 is 5.97 Å². The van der Waals surface area contributed by atoms with Gasteiger partial charge in [-0.2, -0.15) is 0 Å². The van der Waals surface area contributed by atoms with Crippen molar-refractivity contribution in [2.24, 2.45) is 11.8 Å². The van der Waals surface area contributed by atoms with E-state index in [0.29, 0.717) is 6.42 Å². The highest BCUT2D eigenvalue weighted by atomic mass is 16.7. The number of aliphatic carboxylic acids is 1. The molecule has 0 aromatic rings. The number of aliphatic hydroxyl groups is 1. The fraction of sp³-hybridized carbons (Fsp3) is 0.960. The van der Waals surface area contributed by atoms with Crippen molar-refractivity contribution < 1.29 is 34.0 Å². The lowest BCUT2D eigenvalue weighted by atomic mass is 9.86. The predicted octanol–water partition coefficient (Wildman–Crippen LogP) is 4.64. The third-order valence-corrected chi connectivity index (χ3v) is 7.24. The van der Waals surface area contributed by atoms with Gasteiger partial charge in [0.05, 0.1) is 18.6 Å². The van der Waals surface area contributed by atoms with E-state index < -0.39 is 12.1 Å². The molecule has 1 aliphatic carbocycles. The third kappa shape index (κ3) is 8.90. The molecular formula is C25H44O7. The van der Waals surface area contributed by atoms with Gasteiger partial charge >= 0.3 is 5.97 Å². The van der Waals surface area contributed by atoms with Crippen LogP contribution in [-0.4, -0.2) is 60.8 Å². The van der Waals surface area contributed by atoms with Crippen LogP contribution < -0.4 is 0 Å². The Labute approximate surface area is 193 Å². The molecule has 1 saturated carbocycles. The van der Waals surface area contributed by atoms with E-state index in [0.717, 1.165) is 77.6 Å². The van der Waals surface area contributed by atoms with Crippen LogP contribution >= 0.6 is 0 Å². The minimum Gasteiger partial charge on any atom is -0.481 e. The minimum absolute atomic E-state index is 0.0124. The number of hydrogen-bond donors (Lipinski definition) is 2. The quantitative estimate of drug-likeness (QED) is 0.368. The fourth-order valence-corrected chi connectivity index (χ4v) is 5.45. The molecule has 3 aliphatic rings. The van der Waals surface area contributed by atoms with Crippen LogP contribution in [0.25, 0.3) is 0 Å². The van der Waals surface area contributed by atoms with Gasteiger partial charge in [-0.3, -0.25) is 4.79 Å². The molecule has 0 aromatic carbocycles. The predicted molar refractivity (Wildman–Crippen MR) is 120 cm³/mol. The lowest BCUT2D eigenvalue weighted by Crippen LogP contribution is -2.32.